The lowest BCUT2D eigenvalue weighted by molar-refractivity contribution is -0.117. The van der Waals surface area contributed by atoms with Gasteiger partial charge in [0.25, 0.3) is 0 Å². The van der Waals surface area contributed by atoms with Crippen LogP contribution in [0.5, 0.6) is 0 Å². The Balaban J connectivity index is 1.45. The van der Waals surface area contributed by atoms with E-state index in [0.29, 0.717) is 6.54 Å². The molecule has 1 saturated heterocycles. The van der Waals surface area contributed by atoms with Crippen molar-refractivity contribution in [3.63, 3.8) is 0 Å². The zero-order valence-corrected chi connectivity index (χ0v) is 17.3. The molecule has 2 aromatic carbocycles. The predicted molar refractivity (Wildman–Crippen MR) is 117 cm³/mol. The number of hydrogen-bond acceptors (Lipinski definition) is 3. The third-order valence-corrected chi connectivity index (χ3v) is 5.65. The fourth-order valence-corrected chi connectivity index (χ4v) is 3.89. The first-order valence-electron chi connectivity index (χ1n) is 10.6. The van der Waals surface area contributed by atoms with Gasteiger partial charge in [-0.05, 0) is 36.0 Å². The average Bonchev–Trinajstić information content (AvgIpc) is 2.74. The Morgan fingerprint density at radius 2 is 1.46 bits per heavy atom. The molecule has 3 rings (SSSR count). The van der Waals surface area contributed by atoms with Gasteiger partial charge in [-0.1, -0.05) is 62.4 Å². The molecule has 1 heterocycles. The van der Waals surface area contributed by atoms with Crippen LogP contribution in [0.4, 0.5) is 5.69 Å². The molecule has 0 saturated carbocycles. The van der Waals surface area contributed by atoms with Crippen LogP contribution < -0.4 is 5.32 Å². The Morgan fingerprint density at radius 1 is 0.857 bits per heavy atom. The molecule has 1 amide bonds. The first kappa shape index (κ1) is 20.6. The SMILES string of the molecule is CCc1cccc(CC)c1NC(=O)CN1CCN(CCc2ccccc2)CC1. The van der Waals surface area contributed by atoms with Crippen molar-refractivity contribution in [2.75, 3.05) is 44.6 Å². The molecule has 0 radical (unpaired) electrons. The van der Waals surface area contributed by atoms with Gasteiger partial charge in [-0.15, -0.1) is 0 Å². The molecule has 28 heavy (non-hydrogen) atoms. The molecule has 0 aromatic heterocycles. The van der Waals surface area contributed by atoms with E-state index in [2.05, 4.69) is 77.5 Å². The van der Waals surface area contributed by atoms with Gasteiger partial charge in [-0.25, -0.2) is 0 Å². The highest BCUT2D eigenvalue weighted by Crippen LogP contribution is 2.22. The van der Waals surface area contributed by atoms with E-state index in [9.17, 15) is 4.79 Å². The van der Waals surface area contributed by atoms with E-state index >= 15 is 0 Å². The summed E-state index contributed by atoms with van der Waals surface area (Å²) >= 11 is 0. The smallest absolute Gasteiger partial charge is 0.238 e. The van der Waals surface area contributed by atoms with Crippen molar-refractivity contribution in [1.29, 1.82) is 0 Å². The van der Waals surface area contributed by atoms with Crippen molar-refractivity contribution >= 4 is 11.6 Å². The molecule has 0 spiro atoms. The lowest BCUT2D eigenvalue weighted by Gasteiger charge is -2.34. The molecule has 1 aliphatic heterocycles. The van der Waals surface area contributed by atoms with Gasteiger partial charge in [-0.3, -0.25) is 9.69 Å². The summed E-state index contributed by atoms with van der Waals surface area (Å²) in [5.74, 6) is 0.105. The second kappa shape index (κ2) is 10.4. The van der Waals surface area contributed by atoms with Gasteiger partial charge in [-0.2, -0.15) is 0 Å². The predicted octanol–water partition coefficient (Wildman–Crippen LogP) is 3.61. The van der Waals surface area contributed by atoms with Crippen LogP contribution in [-0.2, 0) is 24.1 Å². The average molecular weight is 380 g/mol. The lowest BCUT2D eigenvalue weighted by Crippen LogP contribution is -2.49. The minimum Gasteiger partial charge on any atom is -0.324 e. The molecule has 0 atom stereocenters. The first-order valence-corrected chi connectivity index (χ1v) is 10.6. The Kier molecular flexibility index (Phi) is 7.63. The number of carbonyl (C=O) groups excluding carboxylic acids is 1. The molecule has 2 aromatic rings. The largest absolute Gasteiger partial charge is 0.324 e. The van der Waals surface area contributed by atoms with E-state index in [0.717, 1.165) is 57.7 Å². The van der Waals surface area contributed by atoms with E-state index in [-0.39, 0.29) is 5.91 Å². The van der Waals surface area contributed by atoms with Crippen molar-refractivity contribution in [3.05, 3.63) is 65.2 Å². The third-order valence-electron chi connectivity index (χ3n) is 5.65. The summed E-state index contributed by atoms with van der Waals surface area (Å²) < 4.78 is 0. The normalized spacial score (nSPS) is 15.5. The summed E-state index contributed by atoms with van der Waals surface area (Å²) in [7, 11) is 0. The van der Waals surface area contributed by atoms with E-state index < -0.39 is 0 Å². The first-order chi connectivity index (χ1) is 13.7. The van der Waals surface area contributed by atoms with E-state index in [1.807, 2.05) is 0 Å². The second-order valence-electron chi connectivity index (χ2n) is 7.56. The summed E-state index contributed by atoms with van der Waals surface area (Å²) in [4.78, 5) is 17.4. The minimum atomic E-state index is 0.105. The summed E-state index contributed by atoms with van der Waals surface area (Å²) in [6, 6.07) is 17.0. The van der Waals surface area contributed by atoms with Crippen LogP contribution in [0.25, 0.3) is 0 Å². The molecule has 0 unspecified atom stereocenters. The van der Waals surface area contributed by atoms with Crippen molar-refractivity contribution < 1.29 is 4.79 Å². The monoisotopic (exact) mass is 379 g/mol. The zero-order chi connectivity index (χ0) is 19.8. The van der Waals surface area contributed by atoms with Crippen molar-refractivity contribution in [2.24, 2.45) is 0 Å². The van der Waals surface area contributed by atoms with Crippen molar-refractivity contribution in [2.45, 2.75) is 33.1 Å². The fraction of sp³-hybridized carbons (Fsp3) is 0.458. The molecule has 1 aliphatic rings. The van der Waals surface area contributed by atoms with E-state index in [1.165, 1.54) is 16.7 Å². The van der Waals surface area contributed by atoms with Crippen LogP contribution in [0.3, 0.4) is 0 Å². The topological polar surface area (TPSA) is 35.6 Å². The third kappa shape index (κ3) is 5.66. The molecule has 0 aliphatic carbocycles. The maximum atomic E-state index is 12.6. The summed E-state index contributed by atoms with van der Waals surface area (Å²) in [6.45, 7) is 9.83. The maximum absolute atomic E-state index is 12.6. The zero-order valence-electron chi connectivity index (χ0n) is 17.3. The number of carbonyl (C=O) groups is 1. The van der Waals surface area contributed by atoms with E-state index in [1.54, 1.807) is 0 Å². The van der Waals surface area contributed by atoms with Gasteiger partial charge in [0.15, 0.2) is 0 Å². The van der Waals surface area contributed by atoms with Gasteiger partial charge in [0.2, 0.25) is 5.91 Å². The van der Waals surface area contributed by atoms with Gasteiger partial charge in [0, 0.05) is 38.4 Å². The van der Waals surface area contributed by atoms with E-state index in [4.69, 9.17) is 0 Å². The number of nitrogens with zero attached hydrogens (tertiary/aromatic N) is 2. The van der Waals surface area contributed by atoms with Crippen LogP contribution in [-0.4, -0.2) is 55.0 Å². The van der Waals surface area contributed by atoms with Crippen LogP contribution in [0.2, 0.25) is 0 Å². The highest BCUT2D eigenvalue weighted by atomic mass is 16.2. The molecular weight excluding hydrogens is 346 g/mol. The number of para-hydroxylation sites is 1. The molecule has 150 valence electrons. The summed E-state index contributed by atoms with van der Waals surface area (Å²) in [5.41, 5.74) is 4.86. The molecule has 0 bridgehead atoms. The number of hydrogen-bond donors (Lipinski definition) is 1. The number of nitrogens with one attached hydrogen (secondary N) is 1. The van der Waals surface area contributed by atoms with Crippen LogP contribution in [0.1, 0.15) is 30.5 Å². The van der Waals surface area contributed by atoms with Crippen molar-refractivity contribution in [1.82, 2.24) is 9.80 Å². The Bertz CT molecular complexity index is 729. The van der Waals surface area contributed by atoms with Gasteiger partial charge < -0.3 is 10.2 Å². The number of rotatable bonds is 8. The van der Waals surface area contributed by atoms with Crippen LogP contribution in [0.15, 0.2) is 48.5 Å². The number of benzene rings is 2. The van der Waals surface area contributed by atoms with Gasteiger partial charge in [0.1, 0.15) is 0 Å². The molecule has 1 N–H and O–H groups in total. The Labute approximate surface area is 169 Å². The minimum absolute atomic E-state index is 0.105. The van der Waals surface area contributed by atoms with Crippen LogP contribution in [0, 0.1) is 0 Å². The molecule has 4 nitrogen and oxygen atoms in total. The number of amides is 1. The number of piperazine rings is 1. The highest BCUT2D eigenvalue weighted by molar-refractivity contribution is 5.93. The lowest BCUT2D eigenvalue weighted by atomic mass is 10.0. The molecule has 4 heteroatoms. The Hall–Kier alpha value is -2.17. The van der Waals surface area contributed by atoms with Gasteiger partial charge >= 0.3 is 0 Å². The highest BCUT2D eigenvalue weighted by Gasteiger charge is 2.19. The van der Waals surface area contributed by atoms with Gasteiger partial charge in [0.05, 0.1) is 6.54 Å². The van der Waals surface area contributed by atoms with Crippen LogP contribution >= 0.6 is 0 Å². The quantitative estimate of drug-likeness (QED) is 0.761. The van der Waals surface area contributed by atoms with Crippen molar-refractivity contribution in [3.8, 4) is 0 Å². The Morgan fingerprint density at radius 3 is 2.07 bits per heavy atom. The summed E-state index contributed by atoms with van der Waals surface area (Å²) in [5, 5.41) is 3.19. The number of aryl methyl sites for hydroxylation is 2. The molecule has 1 fully saturated rings. The summed E-state index contributed by atoms with van der Waals surface area (Å²) in [6.07, 6.45) is 2.96. The maximum Gasteiger partial charge on any atom is 0.238 e. The number of anilines is 1. The molecular formula is C24H33N3O. The second-order valence-corrected chi connectivity index (χ2v) is 7.56. The fourth-order valence-electron chi connectivity index (χ4n) is 3.89. The standard InChI is InChI=1S/C24H33N3O/c1-3-21-11-8-12-22(4-2)24(21)25-23(28)19-27-17-15-26(16-18-27)14-13-20-9-6-5-7-10-20/h5-12H,3-4,13-19H2,1-2H3,(H,25,28).